The van der Waals surface area contributed by atoms with Crippen molar-refractivity contribution in [3.63, 3.8) is 0 Å². The van der Waals surface area contributed by atoms with E-state index in [1.165, 1.54) is 0 Å². The van der Waals surface area contributed by atoms with Crippen LogP contribution in [0, 0.1) is 0 Å². The van der Waals surface area contributed by atoms with Gasteiger partial charge in [0.15, 0.2) is 0 Å². The molecule has 2 unspecified atom stereocenters. The zero-order chi connectivity index (χ0) is 14.4. The molecule has 1 heterocycles. The normalized spacial score (nSPS) is 20.3. The Kier molecular flexibility index (Phi) is 5.83. The van der Waals surface area contributed by atoms with Crippen molar-refractivity contribution in [3.8, 4) is 5.75 Å². The van der Waals surface area contributed by atoms with Crippen LogP contribution in [0.3, 0.4) is 0 Å². The molecule has 2 rings (SSSR count). The summed E-state index contributed by atoms with van der Waals surface area (Å²) in [7, 11) is 2.03. The van der Waals surface area contributed by atoms with Crippen LogP contribution in [0.4, 0.5) is 0 Å². The fourth-order valence-corrected chi connectivity index (χ4v) is 2.56. The minimum atomic E-state index is -0.475. The Morgan fingerprint density at radius 1 is 1.40 bits per heavy atom. The highest BCUT2D eigenvalue weighted by atomic mass is 16.5. The summed E-state index contributed by atoms with van der Waals surface area (Å²) in [6.45, 7) is 5.00. The van der Waals surface area contributed by atoms with Gasteiger partial charge in [0.05, 0.1) is 18.8 Å². The molecule has 1 saturated heterocycles. The predicted molar refractivity (Wildman–Crippen MR) is 79.0 cm³/mol. The molecule has 0 spiro atoms. The molecule has 0 radical (unpaired) electrons. The molecule has 1 fully saturated rings. The maximum atomic E-state index is 10.3. The van der Waals surface area contributed by atoms with E-state index in [4.69, 9.17) is 9.47 Å². The third kappa shape index (κ3) is 4.47. The first-order valence-electron chi connectivity index (χ1n) is 7.40. The Labute approximate surface area is 121 Å². The third-order valence-electron chi connectivity index (χ3n) is 3.60. The van der Waals surface area contributed by atoms with Crippen molar-refractivity contribution >= 4 is 0 Å². The first-order valence-corrected chi connectivity index (χ1v) is 7.40. The minimum absolute atomic E-state index is 0.326. The Morgan fingerprint density at radius 2 is 2.15 bits per heavy atom. The van der Waals surface area contributed by atoms with Gasteiger partial charge in [-0.15, -0.1) is 0 Å². The summed E-state index contributed by atoms with van der Waals surface area (Å²) in [6.07, 6.45) is 2.13. The maximum absolute atomic E-state index is 10.3. The van der Waals surface area contributed by atoms with E-state index in [9.17, 15) is 5.11 Å². The van der Waals surface area contributed by atoms with Gasteiger partial charge in [0, 0.05) is 19.7 Å². The van der Waals surface area contributed by atoms with E-state index in [-0.39, 0.29) is 0 Å². The maximum Gasteiger partial charge on any atom is 0.119 e. The molecule has 20 heavy (non-hydrogen) atoms. The molecular weight excluding hydrogens is 254 g/mol. The number of ether oxygens (including phenoxy) is 2. The van der Waals surface area contributed by atoms with Gasteiger partial charge in [0.1, 0.15) is 5.75 Å². The molecule has 0 saturated carbocycles. The second kappa shape index (κ2) is 7.62. The lowest BCUT2D eigenvalue weighted by Crippen LogP contribution is -2.32. The molecule has 4 heteroatoms. The predicted octanol–water partition coefficient (Wildman–Crippen LogP) is 2.23. The molecule has 4 nitrogen and oxygen atoms in total. The van der Waals surface area contributed by atoms with Gasteiger partial charge in [-0.25, -0.2) is 0 Å². The minimum Gasteiger partial charge on any atom is -0.494 e. The van der Waals surface area contributed by atoms with Crippen LogP contribution in [-0.4, -0.2) is 49.5 Å². The lowest BCUT2D eigenvalue weighted by atomic mass is 10.1. The lowest BCUT2D eigenvalue weighted by Gasteiger charge is -2.23. The SMILES string of the molecule is CCOc1ccc(C(O)CN(C)CC2CCCO2)cc1. The fourth-order valence-electron chi connectivity index (χ4n) is 2.56. The quantitative estimate of drug-likeness (QED) is 0.831. The number of rotatable bonds is 7. The van der Waals surface area contributed by atoms with Crippen molar-refractivity contribution in [2.45, 2.75) is 32.0 Å². The van der Waals surface area contributed by atoms with Crippen molar-refractivity contribution in [1.82, 2.24) is 4.90 Å². The van der Waals surface area contributed by atoms with E-state index >= 15 is 0 Å². The van der Waals surface area contributed by atoms with E-state index < -0.39 is 6.10 Å². The Morgan fingerprint density at radius 3 is 2.75 bits per heavy atom. The summed E-state index contributed by atoms with van der Waals surface area (Å²) < 4.78 is 11.0. The topological polar surface area (TPSA) is 41.9 Å². The van der Waals surface area contributed by atoms with Crippen LogP contribution >= 0.6 is 0 Å². The summed E-state index contributed by atoms with van der Waals surface area (Å²) in [5, 5.41) is 10.3. The lowest BCUT2D eigenvalue weighted by molar-refractivity contribution is 0.0602. The molecule has 1 aromatic rings. The van der Waals surface area contributed by atoms with Crippen molar-refractivity contribution in [2.75, 3.05) is 33.4 Å². The van der Waals surface area contributed by atoms with E-state index in [1.54, 1.807) is 0 Å². The number of hydrogen-bond donors (Lipinski definition) is 1. The zero-order valence-electron chi connectivity index (χ0n) is 12.4. The fraction of sp³-hybridized carbons (Fsp3) is 0.625. The zero-order valence-corrected chi connectivity index (χ0v) is 12.4. The largest absolute Gasteiger partial charge is 0.494 e. The molecular formula is C16H25NO3. The van der Waals surface area contributed by atoms with Gasteiger partial charge < -0.3 is 19.5 Å². The second-order valence-electron chi connectivity index (χ2n) is 5.37. The van der Waals surface area contributed by atoms with Gasteiger partial charge in [0.25, 0.3) is 0 Å². The van der Waals surface area contributed by atoms with E-state index in [0.29, 0.717) is 19.3 Å². The number of nitrogens with zero attached hydrogens (tertiary/aromatic N) is 1. The van der Waals surface area contributed by atoms with Crippen molar-refractivity contribution in [1.29, 1.82) is 0 Å². The summed E-state index contributed by atoms with van der Waals surface area (Å²) in [5.74, 6) is 0.844. The highest BCUT2D eigenvalue weighted by Gasteiger charge is 2.19. The molecule has 1 aliphatic heterocycles. The molecule has 0 amide bonds. The number of aliphatic hydroxyl groups is 1. The van der Waals surface area contributed by atoms with Crippen LogP contribution in [0.25, 0.3) is 0 Å². The number of likely N-dealkylation sites (N-methyl/N-ethyl adjacent to an activating group) is 1. The van der Waals surface area contributed by atoms with Crippen LogP contribution in [0.2, 0.25) is 0 Å². The monoisotopic (exact) mass is 279 g/mol. The molecule has 1 N–H and O–H groups in total. The van der Waals surface area contributed by atoms with Gasteiger partial charge in [-0.3, -0.25) is 0 Å². The summed E-state index contributed by atoms with van der Waals surface area (Å²) in [5.41, 5.74) is 0.924. The standard InChI is InChI=1S/C16H25NO3/c1-3-19-14-8-6-13(7-9-14)16(18)12-17(2)11-15-5-4-10-20-15/h6-9,15-16,18H,3-5,10-12H2,1-2H3. The van der Waals surface area contributed by atoms with E-state index in [1.807, 2.05) is 38.2 Å². The summed E-state index contributed by atoms with van der Waals surface area (Å²) in [4.78, 5) is 2.14. The molecule has 0 aromatic heterocycles. The van der Waals surface area contributed by atoms with E-state index in [0.717, 1.165) is 37.3 Å². The van der Waals surface area contributed by atoms with Crippen LogP contribution in [0.1, 0.15) is 31.4 Å². The van der Waals surface area contributed by atoms with Crippen LogP contribution in [-0.2, 0) is 4.74 Å². The van der Waals surface area contributed by atoms with Crippen molar-refractivity contribution in [3.05, 3.63) is 29.8 Å². The smallest absolute Gasteiger partial charge is 0.119 e. The molecule has 2 atom stereocenters. The Hall–Kier alpha value is -1.10. The van der Waals surface area contributed by atoms with Gasteiger partial charge in [-0.2, -0.15) is 0 Å². The molecule has 0 aliphatic carbocycles. The number of aliphatic hydroxyl groups excluding tert-OH is 1. The highest BCUT2D eigenvalue weighted by molar-refractivity contribution is 5.28. The second-order valence-corrected chi connectivity index (χ2v) is 5.37. The first-order chi connectivity index (χ1) is 9.69. The number of benzene rings is 1. The molecule has 1 aromatic carbocycles. The number of hydrogen-bond acceptors (Lipinski definition) is 4. The Bertz CT molecular complexity index is 387. The van der Waals surface area contributed by atoms with Crippen LogP contribution in [0.5, 0.6) is 5.75 Å². The van der Waals surface area contributed by atoms with E-state index in [2.05, 4.69) is 4.90 Å². The van der Waals surface area contributed by atoms with Crippen LogP contribution in [0.15, 0.2) is 24.3 Å². The molecule has 0 bridgehead atoms. The average Bonchev–Trinajstić information content (AvgIpc) is 2.92. The first kappa shape index (κ1) is 15.3. The van der Waals surface area contributed by atoms with Crippen LogP contribution < -0.4 is 4.74 Å². The van der Waals surface area contributed by atoms with Crippen molar-refractivity contribution < 1.29 is 14.6 Å². The summed E-state index contributed by atoms with van der Waals surface area (Å²) >= 11 is 0. The molecule has 112 valence electrons. The van der Waals surface area contributed by atoms with Gasteiger partial charge in [-0.05, 0) is 44.5 Å². The summed E-state index contributed by atoms with van der Waals surface area (Å²) in [6, 6.07) is 7.66. The Balaban J connectivity index is 1.81. The van der Waals surface area contributed by atoms with Gasteiger partial charge in [-0.1, -0.05) is 12.1 Å². The van der Waals surface area contributed by atoms with Crippen molar-refractivity contribution in [2.24, 2.45) is 0 Å². The third-order valence-corrected chi connectivity index (χ3v) is 3.60. The van der Waals surface area contributed by atoms with Gasteiger partial charge >= 0.3 is 0 Å². The van der Waals surface area contributed by atoms with Gasteiger partial charge in [0.2, 0.25) is 0 Å². The molecule has 1 aliphatic rings. The highest BCUT2D eigenvalue weighted by Crippen LogP contribution is 2.19. The average molecular weight is 279 g/mol.